The number of nitrogens with one attached hydrogen (secondary N) is 1. The first-order chi connectivity index (χ1) is 16.0. The van der Waals surface area contributed by atoms with Crippen LogP contribution in [-0.2, 0) is 6.18 Å². The van der Waals surface area contributed by atoms with Crippen molar-refractivity contribution >= 4 is 17.5 Å². The Morgan fingerprint density at radius 1 is 0.971 bits per heavy atom. The largest absolute Gasteiger partial charge is 0.495 e. The molecule has 0 fully saturated rings. The lowest BCUT2D eigenvalue weighted by Crippen LogP contribution is -2.19. The van der Waals surface area contributed by atoms with Crippen molar-refractivity contribution in [2.45, 2.75) is 13.1 Å². The average molecular weight is 475 g/mol. The van der Waals surface area contributed by atoms with Gasteiger partial charge in [-0.2, -0.15) is 13.2 Å². The molecule has 0 radical (unpaired) electrons. The van der Waals surface area contributed by atoms with Crippen LogP contribution in [0.15, 0.2) is 48.7 Å². The van der Waals surface area contributed by atoms with Crippen molar-refractivity contribution in [3.05, 3.63) is 71.0 Å². The van der Waals surface area contributed by atoms with Gasteiger partial charge in [-0.25, -0.2) is 0 Å². The third kappa shape index (κ3) is 5.20. The van der Waals surface area contributed by atoms with Crippen molar-refractivity contribution in [2.75, 3.05) is 19.5 Å². The van der Waals surface area contributed by atoms with Crippen molar-refractivity contribution in [1.82, 2.24) is 4.98 Å². The van der Waals surface area contributed by atoms with Gasteiger partial charge in [0.2, 0.25) is 0 Å². The topological polar surface area (TPSA) is 113 Å². The first-order valence-corrected chi connectivity index (χ1v) is 9.73. The lowest BCUT2D eigenvalue weighted by molar-refractivity contribution is -0.138. The molecule has 0 saturated carbocycles. The number of benzene rings is 2. The van der Waals surface area contributed by atoms with E-state index in [-0.39, 0.29) is 22.9 Å². The second-order valence-electron chi connectivity index (χ2n) is 7.02. The summed E-state index contributed by atoms with van der Waals surface area (Å²) in [5.41, 5.74) is 4.30. The summed E-state index contributed by atoms with van der Waals surface area (Å²) in [7, 11) is 2.41. The number of methoxy groups -OCH3 is 2. The molecule has 0 aliphatic rings. The highest BCUT2D eigenvalue weighted by Crippen LogP contribution is 2.44. The van der Waals surface area contributed by atoms with Gasteiger partial charge >= 0.3 is 6.18 Å². The Labute approximate surface area is 192 Å². The standard InChI is InChI=1S/C23H20F3N3O5/c1-12-4-6-16(18(10-12)32-2)34-17-7-5-14(23(24,25)26)20(33-3)19(17)22(31)29-13-8-9-28-15(11-13)21(27)30/h4-11H,1-3H3,(H2,27,30)(H,28,29,31). The minimum atomic E-state index is -4.81. The quantitative estimate of drug-likeness (QED) is 0.518. The Bertz CT molecular complexity index is 1250. The number of nitrogens with two attached hydrogens (primary N) is 1. The zero-order valence-electron chi connectivity index (χ0n) is 18.3. The highest BCUT2D eigenvalue weighted by Gasteiger charge is 2.38. The molecule has 11 heteroatoms. The number of ether oxygens (including phenoxy) is 3. The number of carbonyl (C=O) groups is 2. The lowest BCUT2D eigenvalue weighted by Gasteiger charge is -2.20. The summed E-state index contributed by atoms with van der Waals surface area (Å²) < 4.78 is 57.0. The van der Waals surface area contributed by atoms with Gasteiger partial charge in [0.25, 0.3) is 11.8 Å². The number of alkyl halides is 3. The fraction of sp³-hybridized carbons (Fsp3) is 0.174. The molecule has 3 N–H and O–H groups in total. The molecule has 0 atom stereocenters. The number of hydrogen-bond donors (Lipinski definition) is 2. The summed E-state index contributed by atoms with van der Waals surface area (Å²) in [6.07, 6.45) is -3.59. The molecule has 0 saturated heterocycles. The number of anilines is 1. The summed E-state index contributed by atoms with van der Waals surface area (Å²) >= 11 is 0. The van der Waals surface area contributed by atoms with Crippen LogP contribution in [-0.4, -0.2) is 31.0 Å². The normalized spacial score (nSPS) is 11.0. The molecule has 2 amide bonds. The van der Waals surface area contributed by atoms with Gasteiger partial charge in [0.1, 0.15) is 22.8 Å². The first-order valence-electron chi connectivity index (χ1n) is 9.73. The molecule has 3 rings (SSSR count). The number of amides is 2. The number of carbonyl (C=O) groups excluding carboxylic acids is 2. The molecule has 3 aromatic rings. The zero-order chi connectivity index (χ0) is 25.0. The molecule has 0 aliphatic carbocycles. The number of aryl methyl sites for hydroxylation is 1. The average Bonchev–Trinajstić information content (AvgIpc) is 2.79. The number of nitrogens with zero attached hydrogens (tertiary/aromatic N) is 1. The number of halogens is 3. The Morgan fingerprint density at radius 3 is 2.29 bits per heavy atom. The smallest absolute Gasteiger partial charge is 0.419 e. The van der Waals surface area contributed by atoms with E-state index in [1.807, 2.05) is 6.92 Å². The zero-order valence-corrected chi connectivity index (χ0v) is 18.3. The summed E-state index contributed by atoms with van der Waals surface area (Å²) in [4.78, 5) is 28.3. The molecule has 0 unspecified atom stereocenters. The molecule has 0 bridgehead atoms. The molecule has 0 spiro atoms. The van der Waals surface area contributed by atoms with Gasteiger partial charge in [-0.15, -0.1) is 0 Å². The number of primary amides is 1. The second-order valence-corrected chi connectivity index (χ2v) is 7.02. The van der Waals surface area contributed by atoms with Gasteiger partial charge in [-0.3, -0.25) is 14.6 Å². The van der Waals surface area contributed by atoms with E-state index in [4.69, 9.17) is 19.9 Å². The number of pyridine rings is 1. The summed E-state index contributed by atoms with van der Waals surface area (Å²) in [6, 6.07) is 9.23. The van der Waals surface area contributed by atoms with Crippen LogP contribution in [0.25, 0.3) is 0 Å². The third-order valence-electron chi connectivity index (χ3n) is 4.67. The Balaban J connectivity index is 2.13. The molecular formula is C23H20F3N3O5. The predicted molar refractivity (Wildman–Crippen MR) is 117 cm³/mol. The maximum atomic E-state index is 13.6. The Kier molecular flexibility index (Phi) is 6.94. The summed E-state index contributed by atoms with van der Waals surface area (Å²) in [5, 5.41) is 2.43. The van der Waals surface area contributed by atoms with Gasteiger partial charge in [0.15, 0.2) is 11.5 Å². The summed E-state index contributed by atoms with van der Waals surface area (Å²) in [5.74, 6) is -2.30. The Hall–Kier alpha value is -4.28. The van der Waals surface area contributed by atoms with E-state index in [0.717, 1.165) is 24.8 Å². The van der Waals surface area contributed by atoms with Crippen LogP contribution in [0.5, 0.6) is 23.0 Å². The fourth-order valence-electron chi connectivity index (χ4n) is 3.11. The maximum absolute atomic E-state index is 13.6. The van der Waals surface area contributed by atoms with Crippen molar-refractivity contribution in [1.29, 1.82) is 0 Å². The minimum Gasteiger partial charge on any atom is -0.495 e. The maximum Gasteiger partial charge on any atom is 0.419 e. The van der Waals surface area contributed by atoms with Gasteiger partial charge in [-0.1, -0.05) is 6.07 Å². The van der Waals surface area contributed by atoms with E-state index in [1.54, 1.807) is 18.2 Å². The van der Waals surface area contributed by atoms with Crippen LogP contribution in [0.4, 0.5) is 18.9 Å². The van der Waals surface area contributed by atoms with Crippen LogP contribution in [0.1, 0.15) is 32.0 Å². The van der Waals surface area contributed by atoms with Crippen molar-refractivity contribution in [2.24, 2.45) is 5.73 Å². The van der Waals surface area contributed by atoms with Crippen LogP contribution >= 0.6 is 0 Å². The second kappa shape index (κ2) is 9.69. The van der Waals surface area contributed by atoms with Gasteiger partial charge in [0, 0.05) is 11.9 Å². The van der Waals surface area contributed by atoms with E-state index in [0.29, 0.717) is 5.75 Å². The van der Waals surface area contributed by atoms with Crippen LogP contribution in [0.3, 0.4) is 0 Å². The van der Waals surface area contributed by atoms with Crippen molar-refractivity contribution in [3.8, 4) is 23.0 Å². The van der Waals surface area contributed by atoms with E-state index >= 15 is 0 Å². The molecule has 1 aromatic heterocycles. The monoisotopic (exact) mass is 475 g/mol. The molecule has 2 aromatic carbocycles. The fourth-order valence-corrected chi connectivity index (χ4v) is 3.11. The Morgan fingerprint density at radius 2 is 1.68 bits per heavy atom. The van der Waals surface area contributed by atoms with E-state index < -0.39 is 34.9 Å². The van der Waals surface area contributed by atoms with Crippen LogP contribution in [0, 0.1) is 6.92 Å². The van der Waals surface area contributed by atoms with E-state index in [2.05, 4.69) is 10.3 Å². The van der Waals surface area contributed by atoms with Gasteiger partial charge in [-0.05, 0) is 48.9 Å². The number of aromatic nitrogens is 1. The van der Waals surface area contributed by atoms with E-state index in [9.17, 15) is 22.8 Å². The molecule has 34 heavy (non-hydrogen) atoms. The highest BCUT2D eigenvalue weighted by atomic mass is 19.4. The van der Waals surface area contributed by atoms with Crippen molar-refractivity contribution < 1.29 is 37.0 Å². The molecule has 1 heterocycles. The highest BCUT2D eigenvalue weighted by molar-refractivity contribution is 6.09. The minimum absolute atomic E-state index is 0.0760. The number of rotatable bonds is 7. The molecular weight excluding hydrogens is 455 g/mol. The molecule has 178 valence electrons. The van der Waals surface area contributed by atoms with E-state index in [1.165, 1.54) is 25.4 Å². The van der Waals surface area contributed by atoms with Crippen LogP contribution in [0.2, 0.25) is 0 Å². The van der Waals surface area contributed by atoms with Crippen LogP contribution < -0.4 is 25.3 Å². The third-order valence-corrected chi connectivity index (χ3v) is 4.67. The van der Waals surface area contributed by atoms with Crippen molar-refractivity contribution in [3.63, 3.8) is 0 Å². The molecule has 0 aliphatic heterocycles. The SMILES string of the molecule is COc1cc(C)ccc1Oc1ccc(C(F)(F)F)c(OC)c1C(=O)Nc1ccnc(C(N)=O)c1. The van der Waals surface area contributed by atoms with Gasteiger partial charge in [0.05, 0.1) is 19.8 Å². The number of hydrogen-bond acceptors (Lipinski definition) is 6. The lowest BCUT2D eigenvalue weighted by atomic mass is 10.1. The first kappa shape index (κ1) is 24.4. The van der Waals surface area contributed by atoms with Gasteiger partial charge < -0.3 is 25.3 Å². The summed E-state index contributed by atoms with van der Waals surface area (Å²) in [6.45, 7) is 1.82. The molecule has 8 nitrogen and oxygen atoms in total. The predicted octanol–water partition coefficient (Wildman–Crippen LogP) is 4.57.